The number of hydrogen-bond donors (Lipinski definition) is 2. The van der Waals surface area contributed by atoms with Gasteiger partial charge in [0, 0.05) is 18.0 Å². The smallest absolute Gasteiger partial charge is 0.278 e. The van der Waals surface area contributed by atoms with Crippen molar-refractivity contribution in [3.05, 3.63) is 52.1 Å². The van der Waals surface area contributed by atoms with Gasteiger partial charge in [-0.2, -0.15) is 0 Å². The van der Waals surface area contributed by atoms with Gasteiger partial charge in [-0.1, -0.05) is 23.2 Å². The van der Waals surface area contributed by atoms with Gasteiger partial charge in [-0.15, -0.1) is 24.8 Å². The summed E-state index contributed by atoms with van der Waals surface area (Å²) in [6.45, 7) is 6.41. The minimum atomic E-state index is -0.584. The van der Waals surface area contributed by atoms with Gasteiger partial charge in [-0.3, -0.25) is 9.78 Å². The molecule has 0 aliphatic rings. The number of anilines is 1. The molecule has 0 bridgehead atoms. The van der Waals surface area contributed by atoms with Crippen molar-refractivity contribution in [3.63, 3.8) is 0 Å². The van der Waals surface area contributed by atoms with Gasteiger partial charge >= 0.3 is 0 Å². The Morgan fingerprint density at radius 2 is 1.73 bits per heavy atom. The normalized spacial score (nSPS) is 11.1. The average molecular weight is 538 g/mol. The van der Waals surface area contributed by atoms with E-state index in [4.69, 9.17) is 42.8 Å². The molecule has 0 aliphatic heterocycles. The van der Waals surface area contributed by atoms with Gasteiger partial charge in [0.25, 0.3) is 5.91 Å². The second-order valence-electron chi connectivity index (χ2n) is 6.48. The molecule has 0 saturated heterocycles. The number of amides is 1. The molecule has 12 heteroatoms. The number of hydrogen-bond acceptors (Lipinski definition) is 7. The quantitative estimate of drug-likeness (QED) is 0.364. The molecule has 8 nitrogen and oxygen atoms in total. The van der Waals surface area contributed by atoms with Crippen LogP contribution in [0.4, 0.5) is 5.69 Å². The van der Waals surface area contributed by atoms with Crippen LogP contribution in [0.2, 0.25) is 10.0 Å². The first-order valence-corrected chi connectivity index (χ1v) is 10.4. The van der Waals surface area contributed by atoms with E-state index in [1.807, 2.05) is 13.8 Å². The Bertz CT molecular complexity index is 1070. The second-order valence-corrected chi connectivity index (χ2v) is 7.29. The van der Waals surface area contributed by atoms with Crippen molar-refractivity contribution < 1.29 is 18.7 Å². The number of carbonyl (C=O) groups is 1. The molecule has 0 spiro atoms. The van der Waals surface area contributed by atoms with E-state index in [0.29, 0.717) is 30.3 Å². The van der Waals surface area contributed by atoms with Crippen LogP contribution in [0, 0.1) is 0 Å². The number of oxazole rings is 1. The van der Waals surface area contributed by atoms with Crippen LogP contribution in [0.3, 0.4) is 0 Å². The number of nitrogens with zero attached hydrogens (tertiary/aromatic N) is 2. The molecule has 3 aromatic rings. The standard InChI is InChI=1S/C21H22Cl2N4O4.2ClH/c1-4-29-15-7-6-12(8-16(15)30-5-2)21-27-18(19(31-21)11(3)24)20(28)26-17-13(22)9-25-10-14(17)23;;/h6-11H,4-5,24H2,1-3H3,(H,25,26,28);2*1H. The van der Waals surface area contributed by atoms with Crippen LogP contribution in [0.15, 0.2) is 35.0 Å². The zero-order valence-corrected chi connectivity index (χ0v) is 21.2. The number of pyridine rings is 1. The van der Waals surface area contributed by atoms with Crippen molar-refractivity contribution in [3.8, 4) is 23.0 Å². The van der Waals surface area contributed by atoms with Crippen LogP contribution >= 0.6 is 48.0 Å². The SMILES string of the molecule is CCOc1ccc(-c2nc(C(=O)Nc3c(Cl)cncc3Cl)c(C(C)N)o2)cc1OCC.Cl.Cl. The van der Waals surface area contributed by atoms with Gasteiger partial charge in [-0.05, 0) is 39.0 Å². The van der Waals surface area contributed by atoms with Crippen LogP contribution in [0.1, 0.15) is 43.1 Å². The Hall–Kier alpha value is -2.23. The third kappa shape index (κ3) is 6.65. The van der Waals surface area contributed by atoms with Gasteiger partial charge in [0.1, 0.15) is 0 Å². The zero-order chi connectivity index (χ0) is 22.5. The molecule has 180 valence electrons. The van der Waals surface area contributed by atoms with Gasteiger partial charge in [0.15, 0.2) is 23.0 Å². The molecule has 0 radical (unpaired) electrons. The van der Waals surface area contributed by atoms with Crippen molar-refractivity contribution in [2.45, 2.75) is 26.8 Å². The highest BCUT2D eigenvalue weighted by Crippen LogP contribution is 2.35. The Morgan fingerprint density at radius 1 is 1.12 bits per heavy atom. The predicted octanol–water partition coefficient (Wildman–Crippen LogP) is 5.96. The third-order valence-corrected chi connectivity index (χ3v) is 4.74. The maximum atomic E-state index is 12.9. The lowest BCUT2D eigenvalue weighted by Gasteiger charge is -2.11. The van der Waals surface area contributed by atoms with Crippen LogP contribution in [0.5, 0.6) is 11.5 Å². The first-order valence-electron chi connectivity index (χ1n) is 9.62. The summed E-state index contributed by atoms with van der Waals surface area (Å²) in [4.78, 5) is 21.2. The molecule has 2 heterocycles. The van der Waals surface area contributed by atoms with Crippen molar-refractivity contribution in [2.24, 2.45) is 5.73 Å². The molecule has 3 rings (SSSR count). The molecular formula is C21H24Cl4N4O4. The highest BCUT2D eigenvalue weighted by molar-refractivity contribution is 6.39. The van der Waals surface area contributed by atoms with Gasteiger partial charge in [-0.25, -0.2) is 4.98 Å². The van der Waals surface area contributed by atoms with Crippen LogP contribution < -0.4 is 20.5 Å². The number of aromatic nitrogens is 2. The summed E-state index contributed by atoms with van der Waals surface area (Å²) in [6, 6.07) is 4.68. The first kappa shape index (κ1) is 28.8. The third-order valence-electron chi connectivity index (χ3n) is 4.16. The summed E-state index contributed by atoms with van der Waals surface area (Å²) >= 11 is 12.2. The zero-order valence-electron chi connectivity index (χ0n) is 18.1. The lowest BCUT2D eigenvalue weighted by Crippen LogP contribution is -2.17. The minimum Gasteiger partial charge on any atom is -0.490 e. The summed E-state index contributed by atoms with van der Waals surface area (Å²) in [5.74, 6) is 1.03. The summed E-state index contributed by atoms with van der Waals surface area (Å²) in [7, 11) is 0. The molecule has 0 fully saturated rings. The summed E-state index contributed by atoms with van der Waals surface area (Å²) in [6.07, 6.45) is 2.75. The van der Waals surface area contributed by atoms with Crippen molar-refractivity contribution in [1.82, 2.24) is 9.97 Å². The van der Waals surface area contributed by atoms with Crippen LogP contribution in [0.25, 0.3) is 11.5 Å². The average Bonchev–Trinajstić information content (AvgIpc) is 3.18. The Kier molecular flexibility index (Phi) is 11.2. The molecule has 1 aromatic carbocycles. The first-order chi connectivity index (χ1) is 14.8. The monoisotopic (exact) mass is 536 g/mol. The Labute approximate surface area is 214 Å². The molecule has 3 N–H and O–H groups in total. The summed E-state index contributed by atoms with van der Waals surface area (Å²) < 4.78 is 17.1. The molecule has 0 aliphatic carbocycles. The molecule has 0 saturated carbocycles. The number of ether oxygens (including phenoxy) is 2. The maximum absolute atomic E-state index is 12.9. The molecule has 1 atom stereocenters. The lowest BCUT2D eigenvalue weighted by atomic mass is 10.2. The molecule has 33 heavy (non-hydrogen) atoms. The fourth-order valence-corrected chi connectivity index (χ4v) is 3.27. The minimum absolute atomic E-state index is 0. The van der Waals surface area contributed by atoms with Crippen molar-refractivity contribution in [2.75, 3.05) is 18.5 Å². The fraction of sp³-hybridized carbons (Fsp3) is 0.286. The number of benzene rings is 1. The molecule has 2 aromatic heterocycles. The van der Waals surface area contributed by atoms with E-state index in [9.17, 15) is 4.79 Å². The van der Waals surface area contributed by atoms with Gasteiger partial charge < -0.3 is 24.9 Å². The van der Waals surface area contributed by atoms with Gasteiger partial charge in [0.05, 0.1) is 35.0 Å². The van der Waals surface area contributed by atoms with E-state index in [-0.39, 0.29) is 57.9 Å². The van der Waals surface area contributed by atoms with E-state index < -0.39 is 11.9 Å². The van der Waals surface area contributed by atoms with Gasteiger partial charge in [0.2, 0.25) is 5.89 Å². The Morgan fingerprint density at radius 3 is 2.30 bits per heavy atom. The van der Waals surface area contributed by atoms with E-state index in [1.165, 1.54) is 12.4 Å². The highest BCUT2D eigenvalue weighted by Gasteiger charge is 2.25. The lowest BCUT2D eigenvalue weighted by molar-refractivity contribution is 0.102. The summed E-state index contributed by atoms with van der Waals surface area (Å²) in [5.41, 5.74) is 6.88. The number of rotatable bonds is 8. The maximum Gasteiger partial charge on any atom is 0.278 e. The van der Waals surface area contributed by atoms with E-state index in [0.717, 1.165) is 0 Å². The molecular weight excluding hydrogens is 514 g/mol. The fourth-order valence-electron chi connectivity index (χ4n) is 2.81. The van der Waals surface area contributed by atoms with Crippen LogP contribution in [-0.4, -0.2) is 29.1 Å². The number of nitrogens with one attached hydrogen (secondary N) is 1. The topological polar surface area (TPSA) is 112 Å². The molecule has 1 unspecified atom stereocenters. The summed E-state index contributed by atoms with van der Waals surface area (Å²) in [5, 5.41) is 3.04. The predicted molar refractivity (Wildman–Crippen MR) is 134 cm³/mol. The van der Waals surface area contributed by atoms with Crippen LogP contribution in [-0.2, 0) is 0 Å². The largest absolute Gasteiger partial charge is 0.490 e. The Balaban J connectivity index is 0.00000272. The number of nitrogens with two attached hydrogens (primary N) is 1. The number of carbonyl (C=O) groups excluding carboxylic acids is 1. The van der Waals surface area contributed by atoms with Crippen molar-refractivity contribution in [1.29, 1.82) is 0 Å². The second kappa shape index (κ2) is 12.9. The van der Waals surface area contributed by atoms with Crippen molar-refractivity contribution >= 4 is 59.6 Å². The highest BCUT2D eigenvalue weighted by atomic mass is 35.5. The number of halogens is 4. The van der Waals surface area contributed by atoms with E-state index >= 15 is 0 Å². The van der Waals surface area contributed by atoms with E-state index in [1.54, 1.807) is 25.1 Å². The molecule has 1 amide bonds. The van der Waals surface area contributed by atoms with E-state index in [2.05, 4.69) is 15.3 Å².